The lowest BCUT2D eigenvalue weighted by Crippen LogP contribution is -2.47. The second-order valence-electron chi connectivity index (χ2n) is 6.15. The highest BCUT2D eigenvalue weighted by Crippen LogP contribution is 2.31. The van der Waals surface area contributed by atoms with Crippen molar-refractivity contribution >= 4 is 36.4 Å². The van der Waals surface area contributed by atoms with E-state index in [-0.39, 0.29) is 43.2 Å². The Hall–Kier alpha value is -1.36. The van der Waals surface area contributed by atoms with Gasteiger partial charge in [0.15, 0.2) is 6.61 Å². The number of methoxy groups -OCH3 is 1. The molecule has 12 heteroatoms. The molecule has 0 aromatic carbocycles. The lowest BCUT2D eigenvalue weighted by Gasteiger charge is -2.35. The lowest BCUT2D eigenvalue weighted by molar-refractivity contribution is -0.148. The topological polar surface area (TPSA) is 72.5 Å². The molecule has 1 aromatic heterocycles. The van der Waals surface area contributed by atoms with Crippen LogP contribution in [0.2, 0.25) is 0 Å². The maximum absolute atomic E-state index is 12.8. The van der Waals surface area contributed by atoms with E-state index in [0.29, 0.717) is 31.6 Å². The number of amides is 1. The normalized spacial score (nSPS) is 15.9. The van der Waals surface area contributed by atoms with Crippen LogP contribution in [0, 0.1) is 5.41 Å². The smallest absolute Gasteiger partial charge is 0.340 e. The zero-order chi connectivity index (χ0) is 19.2. The minimum atomic E-state index is -4.25. The summed E-state index contributed by atoms with van der Waals surface area (Å²) >= 11 is 0. The molecule has 0 atom stereocenters. The van der Waals surface area contributed by atoms with Crippen molar-refractivity contribution in [2.24, 2.45) is 5.41 Å². The molecule has 6 nitrogen and oxygen atoms in total. The number of nitrogens with zero attached hydrogens (tertiary/aromatic N) is 1. The Bertz CT molecular complexity index is 598. The van der Waals surface area contributed by atoms with Crippen LogP contribution in [0.5, 0.6) is 5.88 Å². The summed E-state index contributed by atoms with van der Waals surface area (Å²) in [4.78, 5) is 16.4. The molecule has 1 fully saturated rings. The van der Waals surface area contributed by atoms with Crippen LogP contribution < -0.4 is 15.4 Å². The first kappa shape index (κ1) is 26.6. The standard InChI is InChI=1S/C16H21F4N3O3.2ClH/c1-25-9-15(4-6-21-7-5-15)14(24)23-11-2-3-12(22-8-11)26-10-16(19,20)13(17)18;;/h2-3,8,13,21H,4-7,9-10H2,1H3,(H,23,24);2*1H. The third kappa shape index (κ3) is 6.91. The summed E-state index contributed by atoms with van der Waals surface area (Å²) in [5.74, 6) is -4.71. The molecule has 0 unspecified atom stereocenters. The highest BCUT2D eigenvalue weighted by molar-refractivity contribution is 5.95. The summed E-state index contributed by atoms with van der Waals surface area (Å²) in [7, 11) is 1.53. The van der Waals surface area contributed by atoms with Gasteiger partial charge in [-0.15, -0.1) is 24.8 Å². The molecule has 0 radical (unpaired) electrons. The van der Waals surface area contributed by atoms with E-state index in [9.17, 15) is 22.4 Å². The quantitative estimate of drug-likeness (QED) is 0.594. The van der Waals surface area contributed by atoms with Crippen LogP contribution in [0.3, 0.4) is 0 Å². The molecule has 162 valence electrons. The number of nitrogens with one attached hydrogen (secondary N) is 2. The molecule has 0 aliphatic carbocycles. The van der Waals surface area contributed by atoms with Gasteiger partial charge in [0, 0.05) is 13.2 Å². The van der Waals surface area contributed by atoms with Crippen molar-refractivity contribution in [3.8, 4) is 5.88 Å². The van der Waals surface area contributed by atoms with Crippen LogP contribution in [0.25, 0.3) is 0 Å². The van der Waals surface area contributed by atoms with Gasteiger partial charge < -0.3 is 20.1 Å². The van der Waals surface area contributed by atoms with Gasteiger partial charge in [-0.2, -0.15) is 8.78 Å². The van der Waals surface area contributed by atoms with E-state index in [2.05, 4.69) is 20.4 Å². The first-order chi connectivity index (χ1) is 12.3. The van der Waals surface area contributed by atoms with E-state index in [4.69, 9.17) is 4.74 Å². The number of halogens is 6. The number of pyridine rings is 1. The van der Waals surface area contributed by atoms with E-state index < -0.39 is 24.4 Å². The monoisotopic (exact) mass is 451 g/mol. The zero-order valence-electron chi connectivity index (χ0n) is 15.1. The Morgan fingerprint density at radius 2 is 1.96 bits per heavy atom. The number of hydrogen-bond acceptors (Lipinski definition) is 5. The van der Waals surface area contributed by atoms with Crippen molar-refractivity contribution in [2.75, 3.05) is 38.7 Å². The van der Waals surface area contributed by atoms with Crippen LogP contribution in [-0.2, 0) is 9.53 Å². The molecule has 2 rings (SSSR count). The minimum Gasteiger partial charge on any atom is -0.471 e. The number of anilines is 1. The highest BCUT2D eigenvalue weighted by atomic mass is 35.5. The van der Waals surface area contributed by atoms with E-state index in [0.717, 1.165) is 0 Å². The molecule has 0 spiro atoms. The van der Waals surface area contributed by atoms with Crippen molar-refractivity contribution in [3.63, 3.8) is 0 Å². The van der Waals surface area contributed by atoms with Gasteiger partial charge in [0.2, 0.25) is 11.8 Å². The summed E-state index contributed by atoms with van der Waals surface area (Å²) < 4.78 is 59.6. The Morgan fingerprint density at radius 1 is 1.32 bits per heavy atom. The van der Waals surface area contributed by atoms with Gasteiger partial charge in [0.05, 0.1) is 23.9 Å². The Labute approximate surface area is 172 Å². The Balaban J connectivity index is 0.00000364. The molecule has 1 aliphatic rings. The number of rotatable bonds is 8. The number of carbonyl (C=O) groups is 1. The van der Waals surface area contributed by atoms with Crippen LogP contribution in [0.1, 0.15) is 12.8 Å². The minimum absolute atomic E-state index is 0. The summed E-state index contributed by atoms with van der Waals surface area (Å²) in [6, 6.07) is 2.63. The molecule has 1 aromatic rings. The van der Waals surface area contributed by atoms with Crippen LogP contribution in [0.15, 0.2) is 18.3 Å². The number of aromatic nitrogens is 1. The van der Waals surface area contributed by atoms with Gasteiger partial charge in [0.25, 0.3) is 0 Å². The van der Waals surface area contributed by atoms with Crippen LogP contribution in [0.4, 0.5) is 23.2 Å². The average Bonchev–Trinajstić information content (AvgIpc) is 2.62. The first-order valence-corrected chi connectivity index (χ1v) is 8.05. The van der Waals surface area contributed by atoms with Gasteiger partial charge in [-0.25, -0.2) is 13.8 Å². The zero-order valence-corrected chi connectivity index (χ0v) is 16.7. The third-order valence-electron chi connectivity index (χ3n) is 4.19. The molecule has 1 saturated heterocycles. The number of carbonyl (C=O) groups excluding carboxylic acids is 1. The van der Waals surface area contributed by atoms with Crippen molar-refractivity contribution in [3.05, 3.63) is 18.3 Å². The summed E-state index contributed by atoms with van der Waals surface area (Å²) in [5.41, 5.74) is -0.314. The average molecular weight is 452 g/mol. The number of hydrogen-bond donors (Lipinski definition) is 2. The molecule has 2 heterocycles. The Kier molecular flexibility index (Phi) is 11.0. The second-order valence-corrected chi connectivity index (χ2v) is 6.15. The molecule has 28 heavy (non-hydrogen) atoms. The number of alkyl halides is 4. The van der Waals surface area contributed by atoms with Gasteiger partial charge in [-0.05, 0) is 32.0 Å². The second kappa shape index (κ2) is 11.6. The maximum Gasteiger partial charge on any atom is 0.340 e. The molecule has 1 aliphatic heterocycles. The highest BCUT2D eigenvalue weighted by Gasteiger charge is 2.42. The number of piperidine rings is 1. The van der Waals surface area contributed by atoms with Crippen molar-refractivity contribution in [1.82, 2.24) is 10.3 Å². The first-order valence-electron chi connectivity index (χ1n) is 8.05. The summed E-state index contributed by atoms with van der Waals surface area (Å²) in [5, 5.41) is 5.90. The SMILES string of the molecule is COCC1(C(=O)Nc2ccc(OCC(F)(F)C(F)F)nc2)CCNCC1.Cl.Cl. The van der Waals surface area contributed by atoms with E-state index in [1.165, 1.54) is 25.4 Å². The largest absolute Gasteiger partial charge is 0.471 e. The summed E-state index contributed by atoms with van der Waals surface area (Å²) in [6.45, 7) is 0.186. The van der Waals surface area contributed by atoms with Gasteiger partial charge in [-0.1, -0.05) is 0 Å². The maximum atomic E-state index is 12.8. The van der Waals surface area contributed by atoms with Crippen LogP contribution in [-0.4, -0.2) is 56.7 Å². The fourth-order valence-corrected chi connectivity index (χ4v) is 2.66. The van der Waals surface area contributed by atoms with Crippen molar-refractivity contribution in [2.45, 2.75) is 25.2 Å². The molecular weight excluding hydrogens is 429 g/mol. The number of ether oxygens (including phenoxy) is 2. The molecular formula is C16H23Cl2F4N3O3. The van der Waals surface area contributed by atoms with Gasteiger partial charge >= 0.3 is 12.3 Å². The predicted molar refractivity (Wildman–Crippen MR) is 100 cm³/mol. The molecule has 2 N–H and O–H groups in total. The predicted octanol–water partition coefficient (Wildman–Crippen LogP) is 3.16. The molecule has 1 amide bonds. The van der Waals surface area contributed by atoms with Crippen LogP contribution >= 0.6 is 24.8 Å². The van der Waals surface area contributed by atoms with Crippen molar-refractivity contribution < 1.29 is 31.8 Å². The van der Waals surface area contributed by atoms with Gasteiger partial charge in [0.1, 0.15) is 0 Å². The van der Waals surface area contributed by atoms with E-state index >= 15 is 0 Å². The third-order valence-corrected chi connectivity index (χ3v) is 4.19. The lowest BCUT2D eigenvalue weighted by atomic mass is 9.78. The molecule has 0 saturated carbocycles. The molecule has 0 bridgehead atoms. The van der Waals surface area contributed by atoms with E-state index in [1.807, 2.05) is 0 Å². The fraction of sp³-hybridized carbons (Fsp3) is 0.625. The summed E-state index contributed by atoms with van der Waals surface area (Å²) in [6.07, 6.45) is -1.37. The van der Waals surface area contributed by atoms with Gasteiger partial charge in [-0.3, -0.25) is 4.79 Å². The Morgan fingerprint density at radius 3 is 2.46 bits per heavy atom. The van der Waals surface area contributed by atoms with Crippen molar-refractivity contribution in [1.29, 1.82) is 0 Å². The van der Waals surface area contributed by atoms with E-state index in [1.54, 1.807) is 0 Å². The fourth-order valence-electron chi connectivity index (χ4n) is 2.66.